The zero-order chi connectivity index (χ0) is 13.2. The first-order valence-electron chi connectivity index (χ1n) is 5.91. The van der Waals surface area contributed by atoms with Crippen LogP contribution in [0, 0.1) is 0 Å². The Morgan fingerprint density at radius 1 is 1.32 bits per heavy atom. The van der Waals surface area contributed by atoms with Gasteiger partial charge in [0, 0.05) is 12.6 Å². The van der Waals surface area contributed by atoms with Gasteiger partial charge < -0.3 is 0 Å². The molecule has 0 radical (unpaired) electrons. The van der Waals surface area contributed by atoms with Crippen molar-refractivity contribution in [3.05, 3.63) is 51.8 Å². The summed E-state index contributed by atoms with van der Waals surface area (Å²) in [4.78, 5) is 13.9. The Morgan fingerprint density at radius 3 is 2.89 bits per heavy atom. The number of aromatic nitrogens is 2. The predicted molar refractivity (Wildman–Crippen MR) is 77.0 cm³/mol. The van der Waals surface area contributed by atoms with E-state index >= 15 is 0 Å². The van der Waals surface area contributed by atoms with Gasteiger partial charge in [0.15, 0.2) is 5.82 Å². The third-order valence-corrected chi connectivity index (χ3v) is 3.74. The minimum Gasteiger partial charge on any atom is -0.271 e. The number of hydroxylamine groups is 1. The third kappa shape index (κ3) is 2.59. The molecule has 1 aromatic carbocycles. The number of benzene rings is 1. The maximum atomic E-state index is 5.86. The van der Waals surface area contributed by atoms with Crippen LogP contribution in [0.5, 0.6) is 0 Å². The number of hydrogen-bond donors (Lipinski definition) is 0. The van der Waals surface area contributed by atoms with Crippen LogP contribution in [-0.2, 0) is 4.84 Å². The molecule has 1 aromatic heterocycles. The highest BCUT2D eigenvalue weighted by molar-refractivity contribution is 9.10. The number of hydrogen-bond acceptors (Lipinski definition) is 4. The van der Waals surface area contributed by atoms with Crippen LogP contribution in [0.2, 0.25) is 5.28 Å². The highest BCUT2D eigenvalue weighted by Gasteiger charge is 2.30. The molecule has 6 heteroatoms. The number of halogens is 2. The molecule has 1 aliphatic rings. The second-order valence-electron chi connectivity index (χ2n) is 4.18. The summed E-state index contributed by atoms with van der Waals surface area (Å²) in [7, 11) is 0. The fraction of sp³-hybridized carbons (Fsp3) is 0.231. The van der Waals surface area contributed by atoms with Crippen LogP contribution in [0.3, 0.4) is 0 Å². The number of anilines is 1. The quantitative estimate of drug-likeness (QED) is 0.780. The molecule has 3 rings (SSSR count). The van der Waals surface area contributed by atoms with Crippen molar-refractivity contribution in [2.75, 3.05) is 11.7 Å². The van der Waals surface area contributed by atoms with Gasteiger partial charge in [0.2, 0.25) is 5.28 Å². The monoisotopic (exact) mass is 339 g/mol. The van der Waals surface area contributed by atoms with Gasteiger partial charge in [-0.3, -0.25) is 4.84 Å². The lowest BCUT2D eigenvalue weighted by Crippen LogP contribution is -2.22. The maximum Gasteiger partial charge on any atom is 0.224 e. The minimum atomic E-state index is 0.142. The van der Waals surface area contributed by atoms with E-state index in [-0.39, 0.29) is 11.3 Å². The van der Waals surface area contributed by atoms with Crippen molar-refractivity contribution in [2.24, 2.45) is 0 Å². The van der Waals surface area contributed by atoms with E-state index in [1.165, 1.54) is 5.56 Å². The Balaban J connectivity index is 1.97. The molecule has 19 heavy (non-hydrogen) atoms. The maximum absolute atomic E-state index is 5.86. The molecule has 1 unspecified atom stereocenters. The summed E-state index contributed by atoms with van der Waals surface area (Å²) in [6.07, 6.45) is 2.55. The van der Waals surface area contributed by atoms with Gasteiger partial charge in [0.1, 0.15) is 0 Å². The Hall–Kier alpha value is -1.17. The number of rotatable bonds is 2. The molecule has 0 spiro atoms. The third-order valence-electron chi connectivity index (χ3n) is 2.99. The van der Waals surface area contributed by atoms with Gasteiger partial charge >= 0.3 is 0 Å². The van der Waals surface area contributed by atoms with E-state index in [0.29, 0.717) is 12.4 Å². The smallest absolute Gasteiger partial charge is 0.224 e. The lowest BCUT2D eigenvalue weighted by atomic mass is 10.0. The fourth-order valence-corrected chi connectivity index (χ4v) is 2.64. The Bertz CT molecular complexity index is 581. The molecular weight excluding hydrogens is 330 g/mol. The Morgan fingerprint density at radius 2 is 2.11 bits per heavy atom. The molecular formula is C13H11BrClN3O. The molecule has 1 atom stereocenters. The predicted octanol–water partition coefficient (Wildman–Crippen LogP) is 3.78. The summed E-state index contributed by atoms with van der Waals surface area (Å²) in [6, 6.07) is 10.4. The van der Waals surface area contributed by atoms with E-state index in [1.807, 2.05) is 18.2 Å². The van der Waals surface area contributed by atoms with Crippen molar-refractivity contribution in [3.8, 4) is 0 Å². The topological polar surface area (TPSA) is 38.2 Å². The molecule has 0 N–H and O–H groups in total. The van der Waals surface area contributed by atoms with E-state index in [1.54, 1.807) is 11.3 Å². The lowest BCUT2D eigenvalue weighted by molar-refractivity contribution is 0.156. The van der Waals surface area contributed by atoms with Gasteiger partial charge in [-0.2, -0.15) is 4.98 Å². The highest BCUT2D eigenvalue weighted by Crippen LogP contribution is 2.37. The van der Waals surface area contributed by atoms with Crippen LogP contribution in [0.25, 0.3) is 0 Å². The van der Waals surface area contributed by atoms with Crippen molar-refractivity contribution in [2.45, 2.75) is 12.5 Å². The molecule has 0 aliphatic carbocycles. The van der Waals surface area contributed by atoms with Crippen molar-refractivity contribution in [1.82, 2.24) is 9.97 Å². The molecule has 98 valence electrons. The van der Waals surface area contributed by atoms with Crippen LogP contribution >= 0.6 is 27.5 Å². The van der Waals surface area contributed by atoms with E-state index in [4.69, 9.17) is 16.4 Å². The van der Waals surface area contributed by atoms with E-state index in [2.05, 4.69) is 38.0 Å². The molecule has 2 aromatic rings. The first-order valence-corrected chi connectivity index (χ1v) is 7.08. The molecule has 0 saturated carbocycles. The molecule has 4 nitrogen and oxygen atoms in total. The van der Waals surface area contributed by atoms with Crippen molar-refractivity contribution in [1.29, 1.82) is 0 Å². The van der Waals surface area contributed by atoms with E-state index < -0.39 is 0 Å². The minimum absolute atomic E-state index is 0.142. The molecule has 0 bridgehead atoms. The average molecular weight is 341 g/mol. The van der Waals surface area contributed by atoms with Crippen LogP contribution in [0.1, 0.15) is 18.0 Å². The summed E-state index contributed by atoms with van der Waals surface area (Å²) >= 11 is 9.30. The zero-order valence-electron chi connectivity index (χ0n) is 9.96. The van der Waals surface area contributed by atoms with Gasteiger partial charge in [0.25, 0.3) is 0 Å². The Kier molecular flexibility index (Phi) is 3.68. The van der Waals surface area contributed by atoms with Gasteiger partial charge in [0.05, 0.1) is 17.1 Å². The fourth-order valence-electron chi connectivity index (χ4n) is 2.15. The summed E-state index contributed by atoms with van der Waals surface area (Å²) in [5, 5.41) is 2.01. The first-order chi connectivity index (χ1) is 9.25. The summed E-state index contributed by atoms with van der Waals surface area (Å²) in [5.41, 5.74) is 1.20. The van der Waals surface area contributed by atoms with E-state index in [0.717, 1.165) is 10.9 Å². The number of nitrogens with zero attached hydrogens (tertiary/aromatic N) is 3. The summed E-state index contributed by atoms with van der Waals surface area (Å²) < 4.78 is 0.764. The van der Waals surface area contributed by atoms with Crippen LogP contribution in [0.4, 0.5) is 5.82 Å². The van der Waals surface area contributed by atoms with Crippen molar-refractivity contribution < 1.29 is 4.84 Å². The first kappa shape index (κ1) is 12.8. The zero-order valence-corrected chi connectivity index (χ0v) is 12.3. The molecule has 1 aliphatic heterocycles. The van der Waals surface area contributed by atoms with Gasteiger partial charge in [-0.1, -0.05) is 30.3 Å². The van der Waals surface area contributed by atoms with Gasteiger partial charge in [-0.05, 0) is 33.1 Å². The van der Waals surface area contributed by atoms with Crippen molar-refractivity contribution in [3.63, 3.8) is 0 Å². The van der Waals surface area contributed by atoms with Gasteiger partial charge in [-0.15, -0.1) is 0 Å². The normalized spacial score (nSPS) is 18.8. The average Bonchev–Trinajstić information content (AvgIpc) is 2.91. The molecule has 2 heterocycles. The van der Waals surface area contributed by atoms with Crippen LogP contribution < -0.4 is 5.06 Å². The molecule has 0 amide bonds. The second kappa shape index (κ2) is 5.45. The summed E-state index contributed by atoms with van der Waals surface area (Å²) in [6.45, 7) is 0.660. The molecule has 1 fully saturated rings. The van der Waals surface area contributed by atoms with Crippen LogP contribution in [-0.4, -0.2) is 16.6 Å². The standard InChI is InChI=1S/C13H11BrClN3O/c14-10-8-16-13(15)17-12(10)18-11(6-7-19-18)9-4-2-1-3-5-9/h1-5,8,11H,6-7H2. The SMILES string of the molecule is Clc1ncc(Br)c(N2OCCC2c2ccccc2)n1. The summed E-state index contributed by atoms with van der Waals surface area (Å²) in [5.74, 6) is 0.659. The largest absolute Gasteiger partial charge is 0.271 e. The van der Waals surface area contributed by atoms with E-state index in [9.17, 15) is 0 Å². The lowest BCUT2D eigenvalue weighted by Gasteiger charge is -2.24. The van der Waals surface area contributed by atoms with Gasteiger partial charge in [-0.25, -0.2) is 10.0 Å². The second-order valence-corrected chi connectivity index (χ2v) is 5.38. The van der Waals surface area contributed by atoms with Crippen molar-refractivity contribution >= 4 is 33.3 Å². The highest BCUT2D eigenvalue weighted by atomic mass is 79.9. The van der Waals surface area contributed by atoms with Crippen LogP contribution in [0.15, 0.2) is 41.0 Å². The Labute approximate surface area is 124 Å². The molecule has 1 saturated heterocycles.